The molecule has 2 unspecified atom stereocenters. The maximum absolute atomic E-state index is 13.2. The van der Waals surface area contributed by atoms with Crippen LogP contribution in [0.2, 0.25) is 0 Å². The summed E-state index contributed by atoms with van der Waals surface area (Å²) in [4.78, 5) is 0. The second-order valence-electron chi connectivity index (χ2n) is 5.08. The van der Waals surface area contributed by atoms with Gasteiger partial charge in [-0.1, -0.05) is 25.5 Å². The molecule has 0 aliphatic heterocycles. The molecular weight excluding hydrogens is 203 g/mol. The summed E-state index contributed by atoms with van der Waals surface area (Å²) < 4.78 is 13.2. The first-order valence-corrected chi connectivity index (χ1v) is 6.08. The van der Waals surface area contributed by atoms with E-state index in [-0.39, 0.29) is 5.82 Å². The summed E-state index contributed by atoms with van der Waals surface area (Å²) in [7, 11) is 0. The van der Waals surface area contributed by atoms with Gasteiger partial charge in [0, 0.05) is 0 Å². The van der Waals surface area contributed by atoms with Gasteiger partial charge in [-0.3, -0.25) is 0 Å². The number of hydrogen-bond acceptors (Lipinski definition) is 1. The quantitative estimate of drug-likeness (QED) is 0.720. The fourth-order valence-electron chi connectivity index (χ4n) is 2.56. The molecule has 0 bridgehead atoms. The Morgan fingerprint density at radius 1 is 1.31 bits per heavy atom. The lowest BCUT2D eigenvalue weighted by Crippen LogP contribution is -2.24. The van der Waals surface area contributed by atoms with Crippen molar-refractivity contribution in [2.75, 3.05) is 0 Å². The van der Waals surface area contributed by atoms with Gasteiger partial charge in [0.15, 0.2) is 0 Å². The van der Waals surface area contributed by atoms with Crippen molar-refractivity contribution < 1.29 is 9.50 Å². The van der Waals surface area contributed by atoms with E-state index < -0.39 is 5.60 Å². The summed E-state index contributed by atoms with van der Waals surface area (Å²) in [5.41, 5.74) is -0.0750. The normalized spacial score (nSPS) is 31.1. The van der Waals surface area contributed by atoms with Crippen LogP contribution in [0.1, 0.15) is 44.6 Å². The molecule has 1 N–H and O–H groups in total. The topological polar surface area (TPSA) is 20.2 Å². The number of aliphatic hydroxyl groups is 1. The molecule has 2 heteroatoms. The number of rotatable bonds is 1. The van der Waals surface area contributed by atoms with Gasteiger partial charge in [-0.05, 0) is 49.3 Å². The number of halogens is 1. The van der Waals surface area contributed by atoms with Crippen molar-refractivity contribution in [2.45, 2.75) is 44.6 Å². The minimum Gasteiger partial charge on any atom is -0.385 e. The van der Waals surface area contributed by atoms with E-state index >= 15 is 0 Å². The van der Waals surface area contributed by atoms with E-state index in [4.69, 9.17) is 0 Å². The van der Waals surface area contributed by atoms with E-state index in [1.807, 2.05) is 6.07 Å². The third-order valence-electron chi connectivity index (χ3n) is 3.70. The van der Waals surface area contributed by atoms with Crippen LogP contribution in [0, 0.1) is 11.7 Å². The lowest BCUT2D eigenvalue weighted by Gasteiger charge is -2.27. The van der Waals surface area contributed by atoms with Crippen molar-refractivity contribution in [3.63, 3.8) is 0 Å². The zero-order valence-corrected chi connectivity index (χ0v) is 9.75. The van der Waals surface area contributed by atoms with E-state index in [0.717, 1.165) is 37.7 Å². The molecule has 0 amide bonds. The number of hydrogen-bond donors (Lipinski definition) is 1. The summed E-state index contributed by atoms with van der Waals surface area (Å²) >= 11 is 0. The Bertz CT molecular complexity index is 364. The zero-order valence-electron chi connectivity index (χ0n) is 9.75. The van der Waals surface area contributed by atoms with Crippen LogP contribution in [0.5, 0.6) is 0 Å². The molecule has 16 heavy (non-hydrogen) atoms. The smallest absolute Gasteiger partial charge is 0.123 e. The Kier molecular flexibility index (Phi) is 3.29. The highest BCUT2D eigenvalue weighted by molar-refractivity contribution is 5.23. The van der Waals surface area contributed by atoms with Crippen LogP contribution in [-0.2, 0) is 5.60 Å². The summed E-state index contributed by atoms with van der Waals surface area (Å²) in [5.74, 6) is 0.408. The Hall–Kier alpha value is -0.890. The molecule has 1 aromatic carbocycles. The third-order valence-corrected chi connectivity index (χ3v) is 3.70. The molecule has 0 aromatic heterocycles. The van der Waals surface area contributed by atoms with Crippen LogP contribution in [0.4, 0.5) is 4.39 Å². The second kappa shape index (κ2) is 4.54. The predicted octanol–water partition coefficient (Wildman–Crippen LogP) is 3.61. The van der Waals surface area contributed by atoms with Crippen molar-refractivity contribution in [1.29, 1.82) is 0 Å². The van der Waals surface area contributed by atoms with Crippen molar-refractivity contribution >= 4 is 0 Å². The van der Waals surface area contributed by atoms with E-state index in [0.29, 0.717) is 5.92 Å². The molecule has 1 aromatic rings. The van der Waals surface area contributed by atoms with E-state index in [9.17, 15) is 9.50 Å². The molecule has 1 fully saturated rings. The van der Waals surface area contributed by atoms with Gasteiger partial charge >= 0.3 is 0 Å². The van der Waals surface area contributed by atoms with Gasteiger partial charge in [-0.15, -0.1) is 0 Å². The highest BCUT2D eigenvalue weighted by Gasteiger charge is 2.31. The lowest BCUT2D eigenvalue weighted by atomic mass is 9.86. The van der Waals surface area contributed by atoms with Crippen LogP contribution < -0.4 is 0 Å². The highest BCUT2D eigenvalue weighted by atomic mass is 19.1. The van der Waals surface area contributed by atoms with Crippen LogP contribution >= 0.6 is 0 Å². The second-order valence-corrected chi connectivity index (χ2v) is 5.08. The van der Waals surface area contributed by atoms with Crippen LogP contribution in [0.3, 0.4) is 0 Å². The highest BCUT2D eigenvalue weighted by Crippen LogP contribution is 2.37. The average Bonchev–Trinajstić information content (AvgIpc) is 2.42. The molecule has 0 heterocycles. The first-order valence-electron chi connectivity index (χ1n) is 6.08. The largest absolute Gasteiger partial charge is 0.385 e. The molecule has 0 saturated heterocycles. The van der Waals surface area contributed by atoms with Gasteiger partial charge in [-0.2, -0.15) is 0 Å². The maximum Gasteiger partial charge on any atom is 0.123 e. The van der Waals surface area contributed by atoms with Gasteiger partial charge in [0.25, 0.3) is 0 Å². The Labute approximate surface area is 96.3 Å². The van der Waals surface area contributed by atoms with Gasteiger partial charge in [-0.25, -0.2) is 4.39 Å². The van der Waals surface area contributed by atoms with Gasteiger partial charge in [0.2, 0.25) is 0 Å². The summed E-state index contributed by atoms with van der Waals surface area (Å²) in [6.45, 7) is 2.22. The molecule has 1 saturated carbocycles. The fraction of sp³-hybridized carbons (Fsp3) is 0.571. The molecule has 0 radical (unpaired) electrons. The maximum atomic E-state index is 13.2. The van der Waals surface area contributed by atoms with Crippen molar-refractivity contribution in [3.8, 4) is 0 Å². The summed E-state index contributed by atoms with van der Waals surface area (Å²) in [5, 5.41) is 10.6. The Balaban J connectivity index is 2.23. The predicted molar refractivity (Wildman–Crippen MR) is 62.5 cm³/mol. The molecule has 2 rings (SSSR count). The fourth-order valence-corrected chi connectivity index (χ4v) is 2.56. The zero-order chi connectivity index (χ0) is 11.6. The van der Waals surface area contributed by atoms with E-state index in [1.165, 1.54) is 12.1 Å². The molecular formula is C14H19FO. The van der Waals surface area contributed by atoms with Crippen LogP contribution in [-0.4, -0.2) is 5.11 Å². The monoisotopic (exact) mass is 222 g/mol. The van der Waals surface area contributed by atoms with Crippen molar-refractivity contribution in [3.05, 3.63) is 35.6 Å². The lowest BCUT2D eigenvalue weighted by molar-refractivity contribution is 0.0195. The summed E-state index contributed by atoms with van der Waals surface area (Å²) in [6, 6.07) is 6.40. The average molecular weight is 222 g/mol. The summed E-state index contributed by atoms with van der Waals surface area (Å²) in [6.07, 6.45) is 4.71. The van der Waals surface area contributed by atoms with Gasteiger partial charge in [0.05, 0.1) is 5.60 Å². The number of benzene rings is 1. The standard InChI is InChI=1S/C14H19FO/c1-11-4-3-8-14(16,9-7-11)12-5-2-6-13(15)10-12/h2,5-6,10-11,16H,3-4,7-9H2,1H3. The first kappa shape index (κ1) is 11.6. The Morgan fingerprint density at radius 2 is 2.12 bits per heavy atom. The Morgan fingerprint density at radius 3 is 2.88 bits per heavy atom. The third kappa shape index (κ3) is 2.43. The van der Waals surface area contributed by atoms with Crippen molar-refractivity contribution in [2.24, 2.45) is 5.92 Å². The molecule has 88 valence electrons. The minimum atomic E-state index is -0.813. The van der Waals surface area contributed by atoms with Gasteiger partial charge in [0.1, 0.15) is 5.82 Å². The molecule has 1 aliphatic carbocycles. The van der Waals surface area contributed by atoms with Crippen LogP contribution in [0.25, 0.3) is 0 Å². The van der Waals surface area contributed by atoms with E-state index in [1.54, 1.807) is 6.07 Å². The molecule has 1 nitrogen and oxygen atoms in total. The van der Waals surface area contributed by atoms with Gasteiger partial charge < -0.3 is 5.11 Å². The molecule has 2 atom stereocenters. The molecule has 0 spiro atoms. The van der Waals surface area contributed by atoms with E-state index in [2.05, 4.69) is 6.92 Å². The van der Waals surface area contributed by atoms with Crippen molar-refractivity contribution in [1.82, 2.24) is 0 Å². The first-order chi connectivity index (χ1) is 7.60. The SMILES string of the molecule is CC1CCCC(O)(c2cccc(F)c2)CC1. The minimum absolute atomic E-state index is 0.261. The van der Waals surface area contributed by atoms with Crippen LogP contribution in [0.15, 0.2) is 24.3 Å². The molecule has 1 aliphatic rings.